The summed E-state index contributed by atoms with van der Waals surface area (Å²) in [6.07, 6.45) is 9.47. The number of carbonyl (C=O) groups excluding carboxylic acids is 2. The Morgan fingerprint density at radius 2 is 1.92 bits per heavy atom. The van der Waals surface area contributed by atoms with Crippen molar-refractivity contribution in [3.8, 4) is 0 Å². The number of piperidine rings is 2. The van der Waals surface area contributed by atoms with Crippen LogP contribution in [0.4, 0.5) is 0 Å². The molecule has 2 amide bonds. The molecule has 2 unspecified atom stereocenters. The molecule has 7 nitrogen and oxygen atoms in total. The van der Waals surface area contributed by atoms with E-state index in [1.807, 2.05) is 25.2 Å². The van der Waals surface area contributed by atoms with Gasteiger partial charge in [0.1, 0.15) is 0 Å². The average Bonchev–Trinajstić information content (AvgIpc) is 3.14. The molecule has 2 bridgehead atoms. The second kappa shape index (κ2) is 13.9. The molecule has 3 saturated heterocycles. The van der Waals surface area contributed by atoms with E-state index in [0.717, 1.165) is 55.9 Å². The highest BCUT2D eigenvalue weighted by Gasteiger charge is 2.42. The number of benzene rings is 1. The molecule has 4 rings (SSSR count). The first-order valence-electron chi connectivity index (χ1n) is 13.7. The number of nitrogens with zero attached hydrogens (tertiary/aromatic N) is 2. The predicted molar refractivity (Wildman–Crippen MR) is 153 cm³/mol. The third kappa shape index (κ3) is 7.88. The summed E-state index contributed by atoms with van der Waals surface area (Å²) in [5.41, 5.74) is 2.49. The van der Waals surface area contributed by atoms with E-state index in [-0.39, 0.29) is 11.9 Å². The molecule has 204 valence electrons. The van der Waals surface area contributed by atoms with Gasteiger partial charge in [-0.25, -0.2) is 4.31 Å². The standard InChI is InChI=1S/C28H42ClN5O2S/c1-20(30-2)14-22-4-7-27(29)26(15-22)28(36)32-23-16-24-5-6-25(17-23)34(24)37-18-21-8-12-33(13-9-21)11-3-10-31-19-35/h4,7,15,19,21,23-25,30H,1,3,5-6,8-14,16-18H2,2H3,(H,31,35)(H,32,36). The van der Waals surface area contributed by atoms with Crippen LogP contribution in [0.1, 0.15) is 60.9 Å². The number of allylic oxidation sites excluding steroid dienone is 1. The van der Waals surface area contributed by atoms with Crippen LogP contribution in [0.5, 0.6) is 0 Å². The molecule has 0 radical (unpaired) electrons. The maximum absolute atomic E-state index is 13.1. The third-order valence-corrected chi connectivity index (χ3v) is 9.94. The quantitative estimate of drug-likeness (QED) is 0.198. The Balaban J connectivity index is 1.21. The SMILES string of the molecule is C=C(Cc1ccc(Cl)c(C(=O)NC2CC3CCC(C2)N3SCC2CCN(CCCNC=O)CC2)c1)NC. The van der Waals surface area contributed by atoms with Gasteiger partial charge in [0.05, 0.1) is 10.6 Å². The number of likely N-dealkylation sites (N-methyl/N-ethyl adjacent to an activating group) is 1. The molecule has 37 heavy (non-hydrogen) atoms. The lowest BCUT2D eigenvalue weighted by molar-refractivity contribution is -0.109. The van der Waals surface area contributed by atoms with Gasteiger partial charge in [-0.2, -0.15) is 0 Å². The van der Waals surface area contributed by atoms with Gasteiger partial charge in [-0.1, -0.05) is 36.2 Å². The normalized spacial score (nSPS) is 24.5. The van der Waals surface area contributed by atoms with Crippen LogP contribution in [0.15, 0.2) is 30.5 Å². The van der Waals surface area contributed by atoms with E-state index in [0.29, 0.717) is 29.1 Å². The van der Waals surface area contributed by atoms with Gasteiger partial charge in [0.2, 0.25) is 6.41 Å². The number of hydrogen-bond acceptors (Lipinski definition) is 6. The monoisotopic (exact) mass is 547 g/mol. The smallest absolute Gasteiger partial charge is 0.253 e. The van der Waals surface area contributed by atoms with Crippen molar-refractivity contribution < 1.29 is 9.59 Å². The summed E-state index contributed by atoms with van der Waals surface area (Å²) in [6.45, 7) is 8.17. The first-order valence-corrected chi connectivity index (χ1v) is 15.0. The Bertz CT molecular complexity index is 925. The van der Waals surface area contributed by atoms with Crippen LogP contribution in [0, 0.1) is 5.92 Å². The van der Waals surface area contributed by atoms with Crippen LogP contribution >= 0.6 is 23.5 Å². The predicted octanol–water partition coefficient (Wildman–Crippen LogP) is 3.84. The first-order chi connectivity index (χ1) is 18.0. The number of hydrogen-bond donors (Lipinski definition) is 3. The van der Waals surface area contributed by atoms with Crippen molar-refractivity contribution in [3.05, 3.63) is 46.6 Å². The van der Waals surface area contributed by atoms with E-state index in [2.05, 4.69) is 43.7 Å². The van der Waals surface area contributed by atoms with Crippen LogP contribution < -0.4 is 16.0 Å². The second-order valence-electron chi connectivity index (χ2n) is 10.7. The molecule has 0 saturated carbocycles. The highest BCUT2D eigenvalue weighted by molar-refractivity contribution is 7.97. The molecule has 3 fully saturated rings. The minimum absolute atomic E-state index is 0.0684. The Morgan fingerprint density at radius 3 is 2.59 bits per heavy atom. The van der Waals surface area contributed by atoms with E-state index < -0.39 is 0 Å². The van der Waals surface area contributed by atoms with Crippen molar-refractivity contribution >= 4 is 35.9 Å². The number of amides is 2. The van der Waals surface area contributed by atoms with E-state index in [1.165, 1.54) is 44.5 Å². The number of nitrogens with one attached hydrogen (secondary N) is 3. The molecule has 3 aliphatic rings. The highest BCUT2D eigenvalue weighted by Crippen LogP contribution is 2.41. The zero-order valence-electron chi connectivity index (χ0n) is 22.0. The lowest BCUT2D eigenvalue weighted by Gasteiger charge is -2.39. The van der Waals surface area contributed by atoms with Crippen LogP contribution in [-0.2, 0) is 11.2 Å². The topological polar surface area (TPSA) is 76.7 Å². The number of carbonyl (C=O) groups is 2. The van der Waals surface area contributed by atoms with E-state index in [4.69, 9.17) is 11.6 Å². The molecule has 2 atom stereocenters. The Morgan fingerprint density at radius 1 is 1.19 bits per heavy atom. The summed E-state index contributed by atoms with van der Waals surface area (Å²) < 4.78 is 2.66. The van der Waals surface area contributed by atoms with Crippen LogP contribution in [0.2, 0.25) is 5.02 Å². The Labute approximate surface area is 231 Å². The largest absolute Gasteiger partial charge is 0.392 e. The zero-order chi connectivity index (χ0) is 26.2. The van der Waals surface area contributed by atoms with Crippen molar-refractivity contribution in [3.63, 3.8) is 0 Å². The van der Waals surface area contributed by atoms with Crippen molar-refractivity contribution in [1.82, 2.24) is 25.2 Å². The molecular formula is C28H42ClN5O2S. The summed E-state index contributed by atoms with van der Waals surface area (Å²) in [6, 6.07) is 6.95. The van der Waals surface area contributed by atoms with E-state index in [9.17, 15) is 9.59 Å². The lowest BCUT2D eigenvalue weighted by Crippen LogP contribution is -2.48. The number of halogens is 1. The first kappa shape index (κ1) is 28.3. The molecule has 0 spiro atoms. The minimum atomic E-state index is -0.0684. The molecule has 0 aliphatic carbocycles. The van der Waals surface area contributed by atoms with Crippen molar-refractivity contribution in [2.24, 2.45) is 5.92 Å². The van der Waals surface area contributed by atoms with Gasteiger partial charge in [0.15, 0.2) is 0 Å². The molecule has 1 aromatic carbocycles. The molecule has 3 heterocycles. The van der Waals surface area contributed by atoms with Crippen LogP contribution in [-0.4, -0.2) is 78.6 Å². The minimum Gasteiger partial charge on any atom is -0.392 e. The number of fused-ring (bicyclic) bond motifs is 2. The maximum Gasteiger partial charge on any atom is 0.253 e. The fourth-order valence-corrected chi connectivity index (χ4v) is 7.67. The Kier molecular flexibility index (Phi) is 10.6. The van der Waals surface area contributed by atoms with Gasteiger partial charge in [0.25, 0.3) is 5.91 Å². The van der Waals surface area contributed by atoms with Crippen molar-refractivity contribution in [1.29, 1.82) is 0 Å². The molecular weight excluding hydrogens is 506 g/mol. The molecule has 1 aromatic rings. The molecule has 3 N–H and O–H groups in total. The average molecular weight is 548 g/mol. The van der Waals surface area contributed by atoms with Gasteiger partial charge in [0, 0.05) is 49.6 Å². The van der Waals surface area contributed by atoms with Crippen molar-refractivity contribution in [2.45, 2.75) is 69.5 Å². The lowest BCUT2D eigenvalue weighted by atomic mass is 9.98. The van der Waals surface area contributed by atoms with E-state index in [1.54, 1.807) is 0 Å². The van der Waals surface area contributed by atoms with Crippen molar-refractivity contribution in [2.75, 3.05) is 39.0 Å². The summed E-state index contributed by atoms with van der Waals surface area (Å²) in [5.74, 6) is 1.91. The van der Waals surface area contributed by atoms with Gasteiger partial charge in [-0.3, -0.25) is 9.59 Å². The molecule has 3 aliphatic heterocycles. The number of rotatable bonds is 13. The Hall–Kier alpha value is -1.74. The molecule has 9 heteroatoms. The van der Waals surface area contributed by atoms with Gasteiger partial charge in [-0.05, 0) is 88.2 Å². The zero-order valence-corrected chi connectivity index (χ0v) is 23.6. The third-order valence-electron chi connectivity index (χ3n) is 8.09. The summed E-state index contributed by atoms with van der Waals surface area (Å²) in [4.78, 5) is 26.0. The van der Waals surface area contributed by atoms with Gasteiger partial charge in [-0.15, -0.1) is 0 Å². The highest BCUT2D eigenvalue weighted by atomic mass is 35.5. The summed E-state index contributed by atoms with van der Waals surface area (Å²) in [5, 5.41) is 9.61. The maximum atomic E-state index is 13.1. The van der Waals surface area contributed by atoms with Crippen LogP contribution in [0.25, 0.3) is 0 Å². The van der Waals surface area contributed by atoms with Crippen LogP contribution in [0.3, 0.4) is 0 Å². The molecule has 0 aromatic heterocycles. The second-order valence-corrected chi connectivity index (χ2v) is 12.2. The summed E-state index contributed by atoms with van der Waals surface area (Å²) in [7, 11) is 1.85. The van der Waals surface area contributed by atoms with E-state index >= 15 is 0 Å². The fourth-order valence-electron chi connectivity index (χ4n) is 5.95. The number of likely N-dealkylation sites (tertiary alicyclic amines) is 1. The van der Waals surface area contributed by atoms with Gasteiger partial charge >= 0.3 is 0 Å². The fraction of sp³-hybridized carbons (Fsp3) is 0.643. The van der Waals surface area contributed by atoms with Gasteiger partial charge < -0.3 is 20.9 Å². The summed E-state index contributed by atoms with van der Waals surface area (Å²) >= 11 is 8.46.